The van der Waals surface area contributed by atoms with Crippen LogP contribution in [0, 0.1) is 5.82 Å². The van der Waals surface area contributed by atoms with Gasteiger partial charge in [0.25, 0.3) is 5.91 Å². The summed E-state index contributed by atoms with van der Waals surface area (Å²) in [5, 5.41) is 0. The molecule has 2 aromatic heterocycles. The Hall–Kier alpha value is -2.96. The molecule has 3 heterocycles. The first-order chi connectivity index (χ1) is 12.7. The van der Waals surface area contributed by atoms with Crippen LogP contribution >= 0.6 is 0 Å². The monoisotopic (exact) mass is 352 g/mol. The number of hydrogen-bond donors (Lipinski definition) is 0. The van der Waals surface area contributed by atoms with Gasteiger partial charge in [0.15, 0.2) is 12.1 Å². The first-order valence-electron chi connectivity index (χ1n) is 8.74. The van der Waals surface area contributed by atoms with Gasteiger partial charge in [-0.2, -0.15) is 0 Å². The van der Waals surface area contributed by atoms with Crippen molar-refractivity contribution in [3.05, 3.63) is 65.6 Å². The first-order valence-corrected chi connectivity index (χ1v) is 8.74. The molecule has 26 heavy (non-hydrogen) atoms. The highest BCUT2D eigenvalue weighted by molar-refractivity contribution is 5.93. The molecule has 0 radical (unpaired) electrons. The number of hydrogen-bond acceptors (Lipinski definition) is 4. The quantitative estimate of drug-likeness (QED) is 0.727. The van der Waals surface area contributed by atoms with E-state index >= 15 is 0 Å². The minimum Gasteiger partial charge on any atom is -0.447 e. The molecule has 6 nitrogen and oxygen atoms in total. The van der Waals surface area contributed by atoms with Crippen LogP contribution in [0.5, 0.6) is 0 Å². The number of carbonyl (C=O) groups is 1. The van der Waals surface area contributed by atoms with Crippen molar-refractivity contribution < 1.29 is 13.6 Å². The van der Waals surface area contributed by atoms with Gasteiger partial charge < -0.3 is 13.9 Å². The molecule has 132 valence electrons. The Morgan fingerprint density at radius 1 is 1.19 bits per heavy atom. The molecular formula is C19H17FN4O2. The summed E-state index contributed by atoms with van der Waals surface area (Å²) in [6.45, 7) is 1.04. The van der Waals surface area contributed by atoms with Crippen molar-refractivity contribution in [3.63, 3.8) is 0 Å². The third-order valence-electron chi connectivity index (χ3n) is 5.05. The molecule has 5 rings (SSSR count). The summed E-state index contributed by atoms with van der Waals surface area (Å²) < 4.78 is 20.5. The molecule has 0 atom stereocenters. The normalized spacial score (nSPS) is 16.6. The zero-order valence-electron chi connectivity index (χ0n) is 14.1. The third-order valence-corrected chi connectivity index (χ3v) is 5.05. The summed E-state index contributed by atoms with van der Waals surface area (Å²) >= 11 is 0. The van der Waals surface area contributed by atoms with Crippen LogP contribution in [-0.2, 0) is 13.0 Å². The zero-order chi connectivity index (χ0) is 17.7. The van der Waals surface area contributed by atoms with Gasteiger partial charge in [-0.1, -0.05) is 0 Å². The second-order valence-electron chi connectivity index (χ2n) is 6.80. The topological polar surface area (TPSA) is 64.2 Å². The van der Waals surface area contributed by atoms with Crippen LogP contribution in [0.4, 0.5) is 4.39 Å². The van der Waals surface area contributed by atoms with E-state index in [1.54, 1.807) is 23.4 Å². The largest absolute Gasteiger partial charge is 0.447 e. The summed E-state index contributed by atoms with van der Waals surface area (Å²) in [7, 11) is 0. The summed E-state index contributed by atoms with van der Waals surface area (Å²) in [6.07, 6.45) is 5.90. The van der Waals surface area contributed by atoms with Gasteiger partial charge in [0, 0.05) is 30.3 Å². The minimum atomic E-state index is -0.265. The summed E-state index contributed by atoms with van der Waals surface area (Å²) in [5.41, 5.74) is 3.23. The lowest BCUT2D eigenvalue weighted by molar-refractivity contribution is 0.0723. The van der Waals surface area contributed by atoms with Crippen LogP contribution in [0.25, 0.3) is 5.69 Å². The van der Waals surface area contributed by atoms with Gasteiger partial charge in [0.05, 0.1) is 18.6 Å². The molecule has 0 spiro atoms. The predicted molar refractivity (Wildman–Crippen MR) is 90.4 cm³/mol. The molecule has 1 amide bonds. The van der Waals surface area contributed by atoms with Gasteiger partial charge in [0.1, 0.15) is 11.6 Å². The number of aromatic nitrogens is 3. The first kappa shape index (κ1) is 15.3. The van der Waals surface area contributed by atoms with E-state index in [0.29, 0.717) is 31.1 Å². The molecule has 0 N–H and O–H groups in total. The average molecular weight is 352 g/mol. The van der Waals surface area contributed by atoms with Crippen molar-refractivity contribution in [2.75, 3.05) is 6.54 Å². The van der Waals surface area contributed by atoms with Gasteiger partial charge in [-0.15, -0.1) is 0 Å². The Bertz CT molecular complexity index is 972. The van der Waals surface area contributed by atoms with E-state index in [-0.39, 0.29) is 11.7 Å². The Morgan fingerprint density at radius 2 is 2.00 bits per heavy atom. The molecular weight excluding hydrogens is 335 g/mol. The van der Waals surface area contributed by atoms with Crippen LogP contribution in [0.3, 0.4) is 0 Å². The van der Waals surface area contributed by atoms with E-state index in [0.717, 1.165) is 35.7 Å². The number of amides is 1. The van der Waals surface area contributed by atoms with E-state index < -0.39 is 0 Å². The molecule has 0 bridgehead atoms. The highest BCUT2D eigenvalue weighted by Crippen LogP contribution is 2.41. The predicted octanol–water partition coefficient (Wildman–Crippen LogP) is 3.08. The second kappa shape index (κ2) is 5.79. The Kier molecular flexibility index (Phi) is 3.41. The lowest BCUT2D eigenvalue weighted by atomic mass is 10.1. The smallest absolute Gasteiger partial charge is 0.276 e. The zero-order valence-corrected chi connectivity index (χ0v) is 14.1. The van der Waals surface area contributed by atoms with Gasteiger partial charge in [-0.05, 0) is 37.1 Å². The number of nitrogens with zero attached hydrogens (tertiary/aromatic N) is 4. The van der Waals surface area contributed by atoms with Crippen molar-refractivity contribution >= 4 is 5.91 Å². The fraction of sp³-hybridized carbons (Fsp3) is 0.316. The van der Waals surface area contributed by atoms with Crippen LogP contribution in [0.1, 0.15) is 46.4 Å². The van der Waals surface area contributed by atoms with Crippen LogP contribution in [0.2, 0.25) is 0 Å². The molecule has 1 aromatic carbocycles. The molecule has 1 saturated carbocycles. The van der Waals surface area contributed by atoms with Gasteiger partial charge in [-0.3, -0.25) is 4.79 Å². The lowest BCUT2D eigenvalue weighted by Crippen LogP contribution is -2.37. The van der Waals surface area contributed by atoms with E-state index in [9.17, 15) is 9.18 Å². The Morgan fingerprint density at radius 3 is 2.77 bits per heavy atom. The van der Waals surface area contributed by atoms with Crippen molar-refractivity contribution in [2.45, 2.75) is 31.7 Å². The van der Waals surface area contributed by atoms with Gasteiger partial charge in [-0.25, -0.2) is 14.4 Å². The SMILES string of the molecule is O=C(c1ncoc1C1CC1)N1CCc2c(ncn2-c2ccc(F)cc2)C1. The molecule has 7 heteroatoms. The maximum atomic E-state index is 13.2. The highest BCUT2D eigenvalue weighted by atomic mass is 19.1. The van der Waals surface area contributed by atoms with Crippen molar-refractivity contribution in [2.24, 2.45) is 0 Å². The molecule has 1 fully saturated rings. The van der Waals surface area contributed by atoms with Gasteiger partial charge >= 0.3 is 0 Å². The third kappa shape index (κ3) is 2.51. The molecule has 1 aliphatic carbocycles. The molecule has 0 saturated heterocycles. The number of carbonyl (C=O) groups excluding carboxylic acids is 1. The molecule has 1 aliphatic heterocycles. The van der Waals surface area contributed by atoms with E-state index in [1.807, 2.05) is 4.57 Å². The maximum Gasteiger partial charge on any atom is 0.276 e. The summed E-state index contributed by atoms with van der Waals surface area (Å²) in [4.78, 5) is 23.3. The Labute approximate surface area is 149 Å². The van der Waals surface area contributed by atoms with Crippen molar-refractivity contribution in [3.8, 4) is 5.69 Å². The average Bonchev–Trinajstić information content (AvgIpc) is 3.24. The highest BCUT2D eigenvalue weighted by Gasteiger charge is 2.35. The number of imidazole rings is 1. The molecule has 0 unspecified atom stereocenters. The van der Waals surface area contributed by atoms with E-state index in [4.69, 9.17) is 4.42 Å². The minimum absolute atomic E-state index is 0.0948. The fourth-order valence-electron chi connectivity index (χ4n) is 3.51. The standard InChI is InChI=1S/C19H17FN4O2/c20-13-3-5-14(6-4-13)24-10-21-15-9-23(8-7-16(15)24)19(25)17-18(12-1-2-12)26-11-22-17/h3-6,10-12H,1-2,7-9H2. The van der Waals surface area contributed by atoms with Gasteiger partial charge in [0.2, 0.25) is 0 Å². The second-order valence-corrected chi connectivity index (χ2v) is 6.80. The summed E-state index contributed by atoms with van der Waals surface area (Å²) in [5.74, 6) is 0.702. The molecule has 3 aromatic rings. The van der Waals surface area contributed by atoms with E-state index in [2.05, 4.69) is 9.97 Å². The summed E-state index contributed by atoms with van der Waals surface area (Å²) in [6, 6.07) is 6.33. The lowest BCUT2D eigenvalue weighted by Gasteiger charge is -2.26. The van der Waals surface area contributed by atoms with Crippen LogP contribution < -0.4 is 0 Å². The van der Waals surface area contributed by atoms with Crippen LogP contribution in [0.15, 0.2) is 41.4 Å². The fourth-order valence-corrected chi connectivity index (χ4v) is 3.51. The number of fused-ring (bicyclic) bond motifs is 1. The Balaban J connectivity index is 1.40. The number of halogens is 1. The molecule has 2 aliphatic rings. The maximum absolute atomic E-state index is 13.2. The van der Waals surface area contributed by atoms with E-state index in [1.165, 1.54) is 18.5 Å². The van der Waals surface area contributed by atoms with Crippen LogP contribution in [-0.4, -0.2) is 31.9 Å². The number of benzene rings is 1. The van der Waals surface area contributed by atoms with Crippen molar-refractivity contribution in [1.82, 2.24) is 19.4 Å². The van der Waals surface area contributed by atoms with Crippen molar-refractivity contribution in [1.29, 1.82) is 0 Å². The number of oxazole rings is 1. The number of rotatable bonds is 3.